The highest BCUT2D eigenvalue weighted by atomic mass is 79.9. The molecule has 0 saturated carbocycles. The van der Waals surface area contributed by atoms with E-state index in [0.29, 0.717) is 0 Å². The lowest BCUT2D eigenvalue weighted by Crippen LogP contribution is -2.26. The molecule has 0 spiro atoms. The van der Waals surface area contributed by atoms with Gasteiger partial charge >= 0.3 is 0 Å². The summed E-state index contributed by atoms with van der Waals surface area (Å²) in [6.45, 7) is 3.96. The first-order valence-corrected chi connectivity index (χ1v) is 7.81. The average molecular weight is 344 g/mol. The Bertz CT molecular complexity index is 408. The van der Waals surface area contributed by atoms with Gasteiger partial charge in [-0.05, 0) is 23.8 Å². The molecular formula is C15H22BrNO3. The van der Waals surface area contributed by atoms with Crippen LogP contribution in [0.3, 0.4) is 0 Å². The van der Waals surface area contributed by atoms with E-state index in [2.05, 4.69) is 27.3 Å². The molecule has 1 fully saturated rings. The maximum atomic E-state index is 6.03. The molecule has 5 heteroatoms. The normalized spacial score (nSPS) is 16.3. The van der Waals surface area contributed by atoms with E-state index in [9.17, 15) is 0 Å². The number of ether oxygens (including phenoxy) is 3. The molecule has 0 atom stereocenters. The minimum Gasteiger partial charge on any atom is -0.490 e. The monoisotopic (exact) mass is 343 g/mol. The summed E-state index contributed by atoms with van der Waals surface area (Å²) < 4.78 is 17.5. The lowest BCUT2D eigenvalue weighted by molar-refractivity contribution is 0.0255. The summed E-state index contributed by atoms with van der Waals surface area (Å²) in [6, 6.07) is 6.15. The molecule has 1 saturated heterocycles. The topological polar surface area (TPSA) is 39.7 Å². The summed E-state index contributed by atoms with van der Waals surface area (Å²) >= 11 is 3.58. The van der Waals surface area contributed by atoms with Crippen LogP contribution in [0.1, 0.15) is 18.4 Å². The van der Waals surface area contributed by atoms with Gasteiger partial charge in [0.15, 0.2) is 0 Å². The van der Waals surface area contributed by atoms with Crippen LogP contribution in [0.5, 0.6) is 5.75 Å². The number of nitrogens with one attached hydrogen (secondary N) is 1. The van der Waals surface area contributed by atoms with Gasteiger partial charge in [0.05, 0.1) is 19.8 Å². The molecule has 1 N–H and O–H groups in total. The molecule has 112 valence electrons. The quantitative estimate of drug-likeness (QED) is 0.772. The SMILES string of the molecule is COCCNCc1cc(OC2CCOCC2)ccc1Br. The zero-order valence-electron chi connectivity index (χ0n) is 11.9. The van der Waals surface area contributed by atoms with Gasteiger partial charge in [0, 0.05) is 37.5 Å². The molecule has 0 unspecified atom stereocenters. The predicted octanol–water partition coefficient (Wildman–Crippen LogP) is 2.74. The zero-order valence-corrected chi connectivity index (χ0v) is 13.4. The molecule has 0 aliphatic carbocycles. The van der Waals surface area contributed by atoms with E-state index in [-0.39, 0.29) is 6.10 Å². The van der Waals surface area contributed by atoms with Crippen molar-refractivity contribution in [3.8, 4) is 5.75 Å². The number of hydrogen-bond donors (Lipinski definition) is 1. The van der Waals surface area contributed by atoms with Crippen molar-refractivity contribution in [1.82, 2.24) is 5.32 Å². The van der Waals surface area contributed by atoms with Crippen LogP contribution in [0.25, 0.3) is 0 Å². The van der Waals surface area contributed by atoms with Crippen molar-refractivity contribution in [3.63, 3.8) is 0 Å². The minimum atomic E-state index is 0.277. The van der Waals surface area contributed by atoms with E-state index >= 15 is 0 Å². The van der Waals surface area contributed by atoms with Gasteiger partial charge < -0.3 is 19.5 Å². The van der Waals surface area contributed by atoms with Gasteiger partial charge in [-0.25, -0.2) is 0 Å². The first-order valence-electron chi connectivity index (χ1n) is 7.02. The third-order valence-electron chi connectivity index (χ3n) is 3.29. The average Bonchev–Trinajstić information content (AvgIpc) is 2.48. The Labute approximate surface area is 128 Å². The summed E-state index contributed by atoms with van der Waals surface area (Å²) in [5.74, 6) is 0.934. The third-order valence-corrected chi connectivity index (χ3v) is 4.06. The Morgan fingerprint density at radius 3 is 2.90 bits per heavy atom. The number of methoxy groups -OCH3 is 1. The minimum absolute atomic E-state index is 0.277. The van der Waals surface area contributed by atoms with Gasteiger partial charge in [0.1, 0.15) is 11.9 Å². The molecular weight excluding hydrogens is 322 g/mol. The van der Waals surface area contributed by atoms with Gasteiger partial charge in [-0.1, -0.05) is 15.9 Å². The lowest BCUT2D eigenvalue weighted by Gasteiger charge is -2.23. The number of halogens is 1. The number of hydrogen-bond acceptors (Lipinski definition) is 4. The van der Waals surface area contributed by atoms with Gasteiger partial charge in [0.25, 0.3) is 0 Å². The largest absolute Gasteiger partial charge is 0.490 e. The van der Waals surface area contributed by atoms with E-state index in [1.165, 1.54) is 5.56 Å². The van der Waals surface area contributed by atoms with Gasteiger partial charge in [-0.2, -0.15) is 0 Å². The van der Waals surface area contributed by atoms with Crippen LogP contribution in [0.15, 0.2) is 22.7 Å². The van der Waals surface area contributed by atoms with Crippen molar-refractivity contribution in [2.75, 3.05) is 33.5 Å². The fraction of sp³-hybridized carbons (Fsp3) is 0.600. The molecule has 1 aliphatic heterocycles. The molecule has 1 aliphatic rings. The number of benzene rings is 1. The molecule has 2 rings (SSSR count). The van der Waals surface area contributed by atoms with E-state index in [1.54, 1.807) is 7.11 Å². The highest BCUT2D eigenvalue weighted by Gasteiger charge is 2.15. The van der Waals surface area contributed by atoms with Crippen LogP contribution in [0, 0.1) is 0 Å². The summed E-state index contributed by atoms with van der Waals surface area (Å²) in [5.41, 5.74) is 1.20. The molecule has 0 bridgehead atoms. The first-order chi connectivity index (χ1) is 9.79. The summed E-state index contributed by atoms with van der Waals surface area (Å²) in [5, 5.41) is 3.34. The van der Waals surface area contributed by atoms with Crippen LogP contribution >= 0.6 is 15.9 Å². The van der Waals surface area contributed by atoms with Crippen molar-refractivity contribution >= 4 is 15.9 Å². The molecule has 0 aromatic heterocycles. The Morgan fingerprint density at radius 1 is 1.35 bits per heavy atom. The molecule has 1 heterocycles. The van der Waals surface area contributed by atoms with Crippen LogP contribution in [-0.2, 0) is 16.0 Å². The highest BCUT2D eigenvalue weighted by Crippen LogP contribution is 2.25. The van der Waals surface area contributed by atoms with Crippen LogP contribution < -0.4 is 10.1 Å². The van der Waals surface area contributed by atoms with Crippen molar-refractivity contribution < 1.29 is 14.2 Å². The third kappa shape index (κ3) is 5.05. The maximum Gasteiger partial charge on any atom is 0.120 e. The Hall–Kier alpha value is -0.620. The van der Waals surface area contributed by atoms with E-state index in [4.69, 9.17) is 14.2 Å². The van der Waals surface area contributed by atoms with Crippen LogP contribution in [0.2, 0.25) is 0 Å². The summed E-state index contributed by atoms with van der Waals surface area (Å²) in [7, 11) is 1.71. The lowest BCUT2D eigenvalue weighted by atomic mass is 10.1. The molecule has 0 amide bonds. The van der Waals surface area contributed by atoms with E-state index in [0.717, 1.165) is 56.0 Å². The highest BCUT2D eigenvalue weighted by molar-refractivity contribution is 9.10. The first kappa shape index (κ1) is 15.8. The summed E-state index contributed by atoms with van der Waals surface area (Å²) in [4.78, 5) is 0. The second-order valence-corrected chi connectivity index (χ2v) is 5.71. The standard InChI is InChI=1S/C15H22BrNO3/c1-18-9-6-17-11-12-10-14(2-3-15(12)16)20-13-4-7-19-8-5-13/h2-3,10,13,17H,4-9,11H2,1H3. The fourth-order valence-corrected chi connectivity index (χ4v) is 2.53. The zero-order chi connectivity index (χ0) is 14.2. The van der Waals surface area contributed by atoms with Gasteiger partial charge in [-0.3, -0.25) is 0 Å². The van der Waals surface area contributed by atoms with Crippen molar-refractivity contribution in [1.29, 1.82) is 0 Å². The van der Waals surface area contributed by atoms with Crippen molar-refractivity contribution in [3.05, 3.63) is 28.2 Å². The molecule has 1 aromatic carbocycles. The van der Waals surface area contributed by atoms with Gasteiger partial charge in [-0.15, -0.1) is 0 Å². The van der Waals surface area contributed by atoms with E-state index < -0.39 is 0 Å². The van der Waals surface area contributed by atoms with Crippen LogP contribution in [0.4, 0.5) is 0 Å². The molecule has 20 heavy (non-hydrogen) atoms. The predicted molar refractivity (Wildman–Crippen MR) is 82.2 cm³/mol. The second-order valence-electron chi connectivity index (χ2n) is 4.85. The van der Waals surface area contributed by atoms with E-state index in [1.807, 2.05) is 12.1 Å². The van der Waals surface area contributed by atoms with Crippen molar-refractivity contribution in [2.24, 2.45) is 0 Å². The second kappa shape index (κ2) is 8.62. The van der Waals surface area contributed by atoms with Gasteiger partial charge in [0.2, 0.25) is 0 Å². The van der Waals surface area contributed by atoms with Crippen LogP contribution in [-0.4, -0.2) is 39.6 Å². The Kier molecular flexibility index (Phi) is 6.79. The summed E-state index contributed by atoms with van der Waals surface area (Å²) in [6.07, 6.45) is 2.22. The fourth-order valence-electron chi connectivity index (χ4n) is 2.14. The smallest absolute Gasteiger partial charge is 0.120 e. The number of rotatable bonds is 7. The van der Waals surface area contributed by atoms with Crippen molar-refractivity contribution in [2.45, 2.75) is 25.5 Å². The Balaban J connectivity index is 1.89. The molecule has 1 aromatic rings. The maximum absolute atomic E-state index is 6.03. The Morgan fingerprint density at radius 2 is 2.15 bits per heavy atom. The molecule has 4 nitrogen and oxygen atoms in total. The molecule has 0 radical (unpaired) electrons.